The van der Waals surface area contributed by atoms with Crippen LogP contribution in [0.1, 0.15) is 64.9 Å². The van der Waals surface area contributed by atoms with Crippen molar-refractivity contribution >= 4 is 11.9 Å². The Balaban J connectivity index is 1.31. The number of hydrogen-bond donors (Lipinski definition) is 3. The van der Waals surface area contributed by atoms with E-state index in [2.05, 4.69) is 6.92 Å². The minimum atomic E-state index is -1.46. The fourth-order valence-electron chi connectivity index (χ4n) is 6.13. The molecule has 3 N–H and O–H groups in total. The normalized spacial score (nSPS) is 37.9. The standard InChI is InChI=1S/C27H38O9/c1-16-7-8-21-17(2)24(35-25-27(21,32)20(16)11-13-26(3,31)36-25)34-23(30)10-9-22(29)33-14-12-18-5-4-6-19(28)15-18/h4-6,15-17,20-21,24-25,28,31-32H,7-14H2,1-3H3/t16-,17-,20+,21+,24-,25-,26+,27-/m1/s1. The van der Waals surface area contributed by atoms with Crippen LogP contribution in [0.15, 0.2) is 24.3 Å². The lowest BCUT2D eigenvalue weighted by Crippen LogP contribution is -2.67. The molecule has 9 nitrogen and oxygen atoms in total. The van der Waals surface area contributed by atoms with E-state index in [0.29, 0.717) is 19.3 Å². The Morgan fingerprint density at radius 2 is 1.83 bits per heavy atom. The van der Waals surface area contributed by atoms with Gasteiger partial charge in [-0.3, -0.25) is 9.59 Å². The SMILES string of the molecule is C[C@H]1[C@H](OC(=O)CCC(=O)OCCc2cccc(O)c2)O[C@@H]2O[C@](C)(O)CC[C@H]3[C@H](C)CC[C@@H]1[C@@]23O. The van der Waals surface area contributed by atoms with E-state index >= 15 is 0 Å². The van der Waals surface area contributed by atoms with Crippen molar-refractivity contribution in [2.45, 2.75) is 89.7 Å². The maximum Gasteiger partial charge on any atom is 0.308 e. The molecule has 3 aliphatic rings. The van der Waals surface area contributed by atoms with Crippen molar-refractivity contribution in [1.29, 1.82) is 0 Å². The Labute approximate surface area is 211 Å². The van der Waals surface area contributed by atoms with Gasteiger partial charge in [0.15, 0.2) is 12.1 Å². The lowest BCUT2D eigenvalue weighted by atomic mass is 9.58. The maximum absolute atomic E-state index is 12.6. The van der Waals surface area contributed by atoms with Crippen LogP contribution in [0.25, 0.3) is 0 Å². The number of aliphatic hydroxyl groups is 2. The van der Waals surface area contributed by atoms with Crippen LogP contribution in [0.4, 0.5) is 0 Å². The molecule has 4 rings (SSSR count). The van der Waals surface area contributed by atoms with Crippen molar-refractivity contribution in [1.82, 2.24) is 0 Å². The van der Waals surface area contributed by atoms with Crippen molar-refractivity contribution in [2.75, 3.05) is 6.61 Å². The van der Waals surface area contributed by atoms with Crippen LogP contribution >= 0.6 is 0 Å². The molecule has 3 fully saturated rings. The molecule has 9 heteroatoms. The molecule has 0 radical (unpaired) electrons. The average Bonchev–Trinajstić information content (AvgIpc) is 2.90. The van der Waals surface area contributed by atoms with Crippen molar-refractivity contribution in [2.24, 2.45) is 23.7 Å². The molecule has 200 valence electrons. The number of rotatable bonds is 7. The summed E-state index contributed by atoms with van der Waals surface area (Å²) >= 11 is 0. The van der Waals surface area contributed by atoms with Crippen molar-refractivity contribution in [3.8, 4) is 5.75 Å². The zero-order valence-corrected chi connectivity index (χ0v) is 21.2. The highest BCUT2D eigenvalue weighted by Gasteiger charge is 2.64. The van der Waals surface area contributed by atoms with E-state index in [1.54, 1.807) is 25.1 Å². The summed E-state index contributed by atoms with van der Waals surface area (Å²) in [4.78, 5) is 24.6. The third-order valence-electron chi connectivity index (χ3n) is 8.13. The highest BCUT2D eigenvalue weighted by Crippen LogP contribution is 2.55. The van der Waals surface area contributed by atoms with Gasteiger partial charge in [0.05, 0.1) is 19.4 Å². The number of phenols is 1. The van der Waals surface area contributed by atoms with Gasteiger partial charge in [-0.1, -0.05) is 26.0 Å². The molecule has 1 saturated carbocycles. The number of ether oxygens (including phenoxy) is 4. The molecule has 0 unspecified atom stereocenters. The van der Waals surface area contributed by atoms with E-state index in [0.717, 1.165) is 18.4 Å². The number of carbonyl (C=O) groups excluding carboxylic acids is 2. The van der Waals surface area contributed by atoms with Gasteiger partial charge in [0.2, 0.25) is 6.29 Å². The van der Waals surface area contributed by atoms with Gasteiger partial charge in [-0.05, 0) is 55.7 Å². The average molecular weight is 507 g/mol. The molecule has 0 spiro atoms. The molecule has 1 aliphatic carbocycles. The van der Waals surface area contributed by atoms with Crippen molar-refractivity contribution in [3.05, 3.63) is 29.8 Å². The van der Waals surface area contributed by atoms with E-state index in [1.807, 2.05) is 13.0 Å². The van der Waals surface area contributed by atoms with E-state index in [9.17, 15) is 24.9 Å². The van der Waals surface area contributed by atoms with Gasteiger partial charge in [0.1, 0.15) is 11.4 Å². The zero-order valence-electron chi connectivity index (χ0n) is 21.2. The Hall–Kier alpha value is -2.20. The van der Waals surface area contributed by atoms with Crippen molar-refractivity contribution in [3.63, 3.8) is 0 Å². The van der Waals surface area contributed by atoms with E-state index in [-0.39, 0.29) is 48.9 Å². The van der Waals surface area contributed by atoms with Crippen LogP contribution in [0.3, 0.4) is 0 Å². The first kappa shape index (κ1) is 26.9. The van der Waals surface area contributed by atoms with Crippen LogP contribution in [0.5, 0.6) is 5.75 Å². The third-order valence-corrected chi connectivity index (χ3v) is 8.13. The van der Waals surface area contributed by atoms with Gasteiger partial charge in [0, 0.05) is 24.7 Å². The molecule has 2 saturated heterocycles. The summed E-state index contributed by atoms with van der Waals surface area (Å²) in [5, 5.41) is 32.0. The van der Waals surface area contributed by atoms with Gasteiger partial charge >= 0.3 is 11.9 Å². The summed E-state index contributed by atoms with van der Waals surface area (Å²) in [5.74, 6) is -2.79. The number of carbonyl (C=O) groups is 2. The zero-order chi connectivity index (χ0) is 26.1. The first-order valence-corrected chi connectivity index (χ1v) is 12.9. The minimum Gasteiger partial charge on any atom is -0.508 e. The van der Waals surface area contributed by atoms with Gasteiger partial charge in [-0.15, -0.1) is 0 Å². The summed E-state index contributed by atoms with van der Waals surface area (Å²) in [5.41, 5.74) is -0.440. The lowest BCUT2D eigenvalue weighted by molar-refractivity contribution is -0.403. The molecular formula is C27H38O9. The molecule has 0 amide bonds. The predicted molar refractivity (Wildman–Crippen MR) is 127 cm³/mol. The Bertz CT molecular complexity index is 947. The first-order valence-electron chi connectivity index (χ1n) is 12.9. The topological polar surface area (TPSA) is 132 Å². The molecule has 36 heavy (non-hydrogen) atoms. The fourth-order valence-corrected chi connectivity index (χ4v) is 6.13. The molecule has 2 heterocycles. The molecule has 0 bridgehead atoms. The van der Waals surface area contributed by atoms with Gasteiger partial charge in [-0.25, -0.2) is 0 Å². The third kappa shape index (κ3) is 5.69. The van der Waals surface area contributed by atoms with Gasteiger partial charge in [-0.2, -0.15) is 0 Å². The molecule has 1 aromatic rings. The number of hydrogen-bond acceptors (Lipinski definition) is 9. The highest BCUT2D eigenvalue weighted by molar-refractivity contribution is 5.77. The molecule has 1 aromatic carbocycles. The Morgan fingerprint density at radius 3 is 2.58 bits per heavy atom. The Morgan fingerprint density at radius 1 is 1.08 bits per heavy atom. The number of esters is 2. The largest absolute Gasteiger partial charge is 0.508 e. The van der Waals surface area contributed by atoms with E-state index in [1.165, 1.54) is 0 Å². The monoisotopic (exact) mass is 506 g/mol. The second kappa shape index (κ2) is 10.7. The van der Waals surface area contributed by atoms with Crippen LogP contribution in [-0.2, 0) is 35.0 Å². The molecule has 8 atom stereocenters. The molecule has 0 aromatic heterocycles. The van der Waals surface area contributed by atoms with Crippen molar-refractivity contribution < 1.29 is 43.9 Å². The van der Waals surface area contributed by atoms with E-state index < -0.39 is 35.9 Å². The first-order chi connectivity index (χ1) is 17.0. The second-order valence-electron chi connectivity index (χ2n) is 10.8. The summed E-state index contributed by atoms with van der Waals surface area (Å²) in [7, 11) is 0. The smallest absolute Gasteiger partial charge is 0.308 e. The van der Waals surface area contributed by atoms with Crippen LogP contribution in [0, 0.1) is 23.7 Å². The number of phenolic OH excluding ortho intramolecular Hbond substituents is 1. The summed E-state index contributed by atoms with van der Waals surface area (Å²) in [6.45, 7) is 5.69. The lowest BCUT2D eigenvalue weighted by Gasteiger charge is -2.57. The molecule has 2 aliphatic heterocycles. The van der Waals surface area contributed by atoms with Crippen LogP contribution in [0.2, 0.25) is 0 Å². The van der Waals surface area contributed by atoms with Gasteiger partial charge in [0.25, 0.3) is 0 Å². The summed E-state index contributed by atoms with van der Waals surface area (Å²) < 4.78 is 22.6. The second-order valence-corrected chi connectivity index (χ2v) is 10.8. The Kier molecular flexibility index (Phi) is 7.95. The van der Waals surface area contributed by atoms with E-state index in [4.69, 9.17) is 18.9 Å². The number of benzene rings is 1. The highest BCUT2D eigenvalue weighted by atomic mass is 16.8. The summed E-state index contributed by atoms with van der Waals surface area (Å²) in [6.07, 6.45) is 0.715. The quantitative estimate of drug-likeness (QED) is 0.478. The van der Waals surface area contributed by atoms with Crippen LogP contribution < -0.4 is 0 Å². The maximum atomic E-state index is 12.6. The van der Waals surface area contributed by atoms with Crippen LogP contribution in [-0.4, -0.2) is 57.8 Å². The fraction of sp³-hybridized carbons (Fsp3) is 0.704. The minimum absolute atomic E-state index is 0.0936. The summed E-state index contributed by atoms with van der Waals surface area (Å²) in [6, 6.07) is 6.71. The molecular weight excluding hydrogens is 468 g/mol. The number of aromatic hydroxyl groups is 1. The predicted octanol–water partition coefficient (Wildman–Crippen LogP) is 3.03. The van der Waals surface area contributed by atoms with Gasteiger partial charge < -0.3 is 34.3 Å².